The molecule has 3 rings (SSSR count). The summed E-state index contributed by atoms with van der Waals surface area (Å²) in [6.45, 7) is 0.787. The zero-order valence-electron chi connectivity index (χ0n) is 13.8. The van der Waals surface area contributed by atoms with Gasteiger partial charge in [-0.3, -0.25) is 4.79 Å². The van der Waals surface area contributed by atoms with E-state index in [1.807, 2.05) is 4.90 Å². The van der Waals surface area contributed by atoms with Crippen LogP contribution in [0.3, 0.4) is 0 Å². The number of likely N-dealkylation sites (tertiary alicyclic amines) is 1. The summed E-state index contributed by atoms with van der Waals surface area (Å²) in [7, 11) is 1.57. The molecule has 1 unspecified atom stereocenters. The van der Waals surface area contributed by atoms with Gasteiger partial charge in [-0.05, 0) is 56.2 Å². The van der Waals surface area contributed by atoms with Gasteiger partial charge in [-0.15, -0.1) is 0 Å². The number of methoxy groups -OCH3 is 1. The lowest BCUT2D eigenvalue weighted by atomic mass is 9.92. The first-order chi connectivity index (χ1) is 11.5. The second-order valence-corrected chi connectivity index (χ2v) is 7.57. The average molecular weight is 372 g/mol. The Kier molecular flexibility index (Phi) is 5.58. The van der Waals surface area contributed by atoms with Crippen molar-refractivity contribution in [1.29, 1.82) is 0 Å². The summed E-state index contributed by atoms with van der Waals surface area (Å²) in [6, 6.07) is 3.75. The van der Waals surface area contributed by atoms with Crippen molar-refractivity contribution in [3.63, 3.8) is 0 Å². The van der Waals surface area contributed by atoms with E-state index in [-0.39, 0.29) is 24.0 Å². The van der Waals surface area contributed by atoms with Gasteiger partial charge in [0.2, 0.25) is 5.91 Å². The molecule has 1 aromatic rings. The number of amides is 1. The minimum absolute atomic E-state index is 0.0692. The van der Waals surface area contributed by atoms with Crippen LogP contribution >= 0.6 is 23.2 Å². The van der Waals surface area contributed by atoms with Gasteiger partial charge >= 0.3 is 0 Å². The molecule has 6 heteroatoms. The Balaban J connectivity index is 1.68. The minimum atomic E-state index is -0.202. The van der Waals surface area contributed by atoms with E-state index in [1.54, 1.807) is 19.2 Å². The SMILES string of the molecule is COc1cc(Cl)c(CC2CCN(C3CCC(O)CC3)C2=O)c(Cl)c1. The summed E-state index contributed by atoms with van der Waals surface area (Å²) in [5.74, 6) is 0.744. The van der Waals surface area contributed by atoms with Crippen LogP contribution in [0.4, 0.5) is 0 Å². The van der Waals surface area contributed by atoms with Crippen LogP contribution in [0, 0.1) is 5.92 Å². The van der Waals surface area contributed by atoms with E-state index in [9.17, 15) is 9.90 Å². The van der Waals surface area contributed by atoms with E-state index in [1.165, 1.54) is 0 Å². The predicted molar refractivity (Wildman–Crippen MR) is 94.8 cm³/mol. The molecular formula is C18H23Cl2NO3. The van der Waals surface area contributed by atoms with Gasteiger partial charge in [-0.1, -0.05) is 23.2 Å². The molecule has 0 aromatic heterocycles. The molecule has 1 heterocycles. The van der Waals surface area contributed by atoms with Crippen LogP contribution in [0.25, 0.3) is 0 Å². The van der Waals surface area contributed by atoms with E-state index < -0.39 is 0 Å². The van der Waals surface area contributed by atoms with Crippen LogP contribution in [0.2, 0.25) is 10.0 Å². The van der Waals surface area contributed by atoms with Crippen molar-refractivity contribution in [3.8, 4) is 5.75 Å². The lowest BCUT2D eigenvalue weighted by Crippen LogP contribution is -2.41. The van der Waals surface area contributed by atoms with Gasteiger partial charge in [-0.2, -0.15) is 0 Å². The zero-order chi connectivity index (χ0) is 17.3. The monoisotopic (exact) mass is 371 g/mol. The minimum Gasteiger partial charge on any atom is -0.497 e. The Morgan fingerprint density at radius 2 is 1.79 bits per heavy atom. The molecule has 1 saturated heterocycles. The molecule has 1 atom stereocenters. The van der Waals surface area contributed by atoms with Crippen molar-refractivity contribution in [1.82, 2.24) is 4.90 Å². The smallest absolute Gasteiger partial charge is 0.226 e. The van der Waals surface area contributed by atoms with Gasteiger partial charge in [0.05, 0.1) is 13.2 Å². The first kappa shape index (κ1) is 17.8. The number of rotatable bonds is 4. The number of carbonyl (C=O) groups excluding carboxylic acids is 1. The van der Waals surface area contributed by atoms with Gasteiger partial charge in [0.25, 0.3) is 0 Å². The Labute approximate surface area is 152 Å². The molecular weight excluding hydrogens is 349 g/mol. The summed E-state index contributed by atoms with van der Waals surface area (Å²) in [6.07, 6.45) is 4.55. The van der Waals surface area contributed by atoms with Gasteiger partial charge in [-0.25, -0.2) is 0 Å². The summed E-state index contributed by atoms with van der Waals surface area (Å²) >= 11 is 12.6. The third-order valence-corrected chi connectivity index (χ3v) is 5.93. The highest BCUT2D eigenvalue weighted by molar-refractivity contribution is 6.36. The molecule has 132 valence electrons. The first-order valence-corrected chi connectivity index (χ1v) is 9.25. The van der Waals surface area contributed by atoms with Crippen molar-refractivity contribution in [2.24, 2.45) is 5.92 Å². The standard InChI is InChI=1S/C18H23Cl2NO3/c1-24-14-9-16(19)15(17(20)10-14)8-11-6-7-21(18(11)23)12-2-4-13(22)5-3-12/h9-13,22H,2-8H2,1H3. The predicted octanol–water partition coefficient (Wildman–Crippen LogP) is 3.70. The number of halogens is 2. The fourth-order valence-electron chi connectivity index (χ4n) is 3.82. The van der Waals surface area contributed by atoms with Crippen LogP contribution in [0.1, 0.15) is 37.7 Å². The second kappa shape index (κ2) is 7.51. The van der Waals surface area contributed by atoms with Crippen molar-refractivity contribution >= 4 is 29.1 Å². The van der Waals surface area contributed by atoms with Crippen molar-refractivity contribution in [3.05, 3.63) is 27.7 Å². The largest absolute Gasteiger partial charge is 0.497 e. The molecule has 1 N–H and O–H groups in total. The third kappa shape index (κ3) is 3.66. The quantitative estimate of drug-likeness (QED) is 0.877. The number of benzene rings is 1. The molecule has 0 radical (unpaired) electrons. The molecule has 4 nitrogen and oxygen atoms in total. The van der Waals surface area contributed by atoms with E-state index in [0.29, 0.717) is 22.2 Å². The van der Waals surface area contributed by atoms with Crippen molar-refractivity contribution < 1.29 is 14.6 Å². The third-order valence-electron chi connectivity index (χ3n) is 5.26. The van der Waals surface area contributed by atoms with Crippen LogP contribution in [-0.4, -0.2) is 41.7 Å². The Morgan fingerprint density at radius 1 is 1.17 bits per heavy atom. The highest BCUT2D eigenvalue weighted by atomic mass is 35.5. The van der Waals surface area contributed by atoms with Crippen molar-refractivity contribution in [2.45, 2.75) is 50.7 Å². The molecule has 1 amide bonds. The number of aliphatic hydroxyl groups is 1. The van der Waals surface area contributed by atoms with E-state index in [4.69, 9.17) is 27.9 Å². The number of aliphatic hydroxyl groups excluding tert-OH is 1. The summed E-state index contributed by atoms with van der Waals surface area (Å²) in [5, 5.41) is 10.7. The number of nitrogens with zero attached hydrogens (tertiary/aromatic N) is 1. The number of carbonyl (C=O) groups is 1. The highest BCUT2D eigenvalue weighted by Crippen LogP contribution is 2.35. The first-order valence-electron chi connectivity index (χ1n) is 8.50. The number of hydrogen-bond donors (Lipinski definition) is 1. The van der Waals surface area contributed by atoms with Gasteiger partial charge in [0.1, 0.15) is 5.75 Å². The van der Waals surface area contributed by atoms with Gasteiger partial charge in [0.15, 0.2) is 0 Å². The van der Waals surface area contributed by atoms with Crippen molar-refractivity contribution in [2.75, 3.05) is 13.7 Å². The van der Waals surface area contributed by atoms with Crippen LogP contribution < -0.4 is 4.74 Å². The number of hydrogen-bond acceptors (Lipinski definition) is 3. The molecule has 0 spiro atoms. The summed E-state index contributed by atoms with van der Waals surface area (Å²) in [5.41, 5.74) is 0.818. The Bertz CT molecular complexity index is 591. The molecule has 0 bridgehead atoms. The lowest BCUT2D eigenvalue weighted by Gasteiger charge is -2.33. The average Bonchev–Trinajstić information content (AvgIpc) is 2.92. The number of ether oxygens (including phenoxy) is 1. The fraction of sp³-hybridized carbons (Fsp3) is 0.611. The van der Waals surface area contributed by atoms with E-state index in [2.05, 4.69) is 0 Å². The van der Waals surface area contributed by atoms with Crippen LogP contribution in [0.15, 0.2) is 12.1 Å². The molecule has 1 aromatic carbocycles. The van der Waals surface area contributed by atoms with Gasteiger partial charge in [0, 0.05) is 28.5 Å². The maximum Gasteiger partial charge on any atom is 0.226 e. The molecule has 24 heavy (non-hydrogen) atoms. The summed E-state index contributed by atoms with van der Waals surface area (Å²) in [4.78, 5) is 14.8. The van der Waals surface area contributed by atoms with Crippen LogP contribution in [-0.2, 0) is 11.2 Å². The fourth-order valence-corrected chi connectivity index (χ4v) is 4.45. The Morgan fingerprint density at radius 3 is 2.38 bits per heavy atom. The molecule has 1 aliphatic carbocycles. The molecule has 1 saturated carbocycles. The van der Waals surface area contributed by atoms with E-state index >= 15 is 0 Å². The highest BCUT2D eigenvalue weighted by Gasteiger charge is 2.37. The Hall–Kier alpha value is -0.970. The molecule has 2 aliphatic rings. The lowest BCUT2D eigenvalue weighted by molar-refractivity contribution is -0.133. The molecule has 1 aliphatic heterocycles. The van der Waals surface area contributed by atoms with E-state index in [0.717, 1.165) is 44.2 Å². The van der Waals surface area contributed by atoms with Gasteiger partial charge < -0.3 is 14.7 Å². The normalized spacial score (nSPS) is 27.6. The maximum absolute atomic E-state index is 12.8. The summed E-state index contributed by atoms with van der Waals surface area (Å²) < 4.78 is 5.16. The molecule has 2 fully saturated rings. The van der Waals surface area contributed by atoms with Crippen LogP contribution in [0.5, 0.6) is 5.75 Å². The maximum atomic E-state index is 12.8. The zero-order valence-corrected chi connectivity index (χ0v) is 15.3. The second-order valence-electron chi connectivity index (χ2n) is 6.75. The topological polar surface area (TPSA) is 49.8 Å².